The Hall–Kier alpha value is -0.0105. The van der Waals surface area contributed by atoms with Crippen molar-refractivity contribution < 1.29 is 0 Å². The summed E-state index contributed by atoms with van der Waals surface area (Å²) in [5.74, 6) is 0. The van der Waals surface area contributed by atoms with E-state index in [9.17, 15) is 0 Å². The van der Waals surface area contributed by atoms with E-state index >= 15 is 0 Å². The van der Waals surface area contributed by atoms with Crippen LogP contribution in [-0.4, -0.2) is 38.7 Å². The Balaban J connectivity index is 2.31. The average molecular weight is 190 g/mol. The molecule has 2 nitrogen and oxygen atoms in total. The Morgan fingerprint density at radius 2 is 1.78 bits per heavy atom. The van der Waals surface area contributed by atoms with Gasteiger partial charge in [0.1, 0.15) is 0 Å². The summed E-state index contributed by atoms with van der Waals surface area (Å²) >= 11 is 2.72. The summed E-state index contributed by atoms with van der Waals surface area (Å²) < 4.78 is 0.606. The third kappa shape index (κ3) is 1.99. The van der Waals surface area contributed by atoms with E-state index in [1.165, 1.54) is 19.3 Å². The van der Waals surface area contributed by atoms with E-state index in [2.05, 4.69) is 20.9 Å². The molecule has 0 aromatic carbocycles. The average Bonchev–Trinajstić information content (AvgIpc) is 1.90. The van der Waals surface area contributed by atoms with Crippen LogP contribution in [0.25, 0.3) is 0 Å². The number of piperidine rings is 1. The van der Waals surface area contributed by atoms with Crippen LogP contribution in [0.2, 0.25) is 0 Å². The fourth-order valence-electron chi connectivity index (χ4n) is 1.10. The van der Waals surface area contributed by atoms with E-state index < -0.39 is 0 Å². The van der Waals surface area contributed by atoms with Gasteiger partial charge < -0.3 is 0 Å². The molecule has 3 heteroatoms. The number of nitrogens with one attached hydrogen (secondary N) is 1. The Labute approximate surface area is 63.9 Å². The molecule has 0 aliphatic carbocycles. The Bertz CT molecular complexity index is 108. The van der Waals surface area contributed by atoms with Crippen LogP contribution >= 0.6 is 0 Å². The second-order valence-corrected chi connectivity index (χ2v) is 3.16. The summed E-state index contributed by atoms with van der Waals surface area (Å²) in [6.45, 7) is 2.15. The van der Waals surface area contributed by atoms with Gasteiger partial charge in [0, 0.05) is 0 Å². The van der Waals surface area contributed by atoms with Crippen molar-refractivity contribution in [1.82, 2.24) is 4.90 Å². The standard InChI is InChI=1S/C6H11N2Se/c7-6(9)8-4-2-1-3-5-8/h7H,1-5H2. The minimum atomic E-state index is 0.606. The summed E-state index contributed by atoms with van der Waals surface area (Å²) in [7, 11) is 0. The molecule has 0 amide bonds. The first-order valence-electron chi connectivity index (χ1n) is 3.31. The van der Waals surface area contributed by atoms with Crippen molar-refractivity contribution in [1.29, 1.82) is 5.41 Å². The van der Waals surface area contributed by atoms with E-state index in [1.54, 1.807) is 0 Å². The van der Waals surface area contributed by atoms with Gasteiger partial charge in [-0.05, 0) is 0 Å². The van der Waals surface area contributed by atoms with Gasteiger partial charge in [0.05, 0.1) is 0 Å². The molecule has 1 radical (unpaired) electrons. The van der Waals surface area contributed by atoms with Gasteiger partial charge in [-0.15, -0.1) is 0 Å². The van der Waals surface area contributed by atoms with Gasteiger partial charge in [-0.1, -0.05) is 0 Å². The van der Waals surface area contributed by atoms with Crippen LogP contribution in [0.5, 0.6) is 0 Å². The van der Waals surface area contributed by atoms with Crippen molar-refractivity contribution in [3.63, 3.8) is 0 Å². The number of rotatable bonds is 0. The van der Waals surface area contributed by atoms with Gasteiger partial charge in [-0.3, -0.25) is 0 Å². The molecule has 1 rings (SSSR count). The quantitative estimate of drug-likeness (QED) is 0.337. The summed E-state index contributed by atoms with van der Waals surface area (Å²) in [5.41, 5.74) is 0. The molecule has 1 aliphatic heterocycles. The first kappa shape index (κ1) is 7.10. The molecule has 0 saturated carbocycles. The van der Waals surface area contributed by atoms with E-state index in [4.69, 9.17) is 5.41 Å². The second-order valence-electron chi connectivity index (χ2n) is 2.35. The number of likely N-dealkylation sites (tertiary alicyclic amines) is 1. The fourth-order valence-corrected chi connectivity index (χ4v) is 1.48. The van der Waals surface area contributed by atoms with Gasteiger partial charge in [0.25, 0.3) is 0 Å². The summed E-state index contributed by atoms with van der Waals surface area (Å²) in [5, 5.41) is 7.26. The molecule has 1 N–H and O–H groups in total. The molecule has 1 aliphatic rings. The normalized spacial score (nSPS) is 19.8. The summed E-state index contributed by atoms with van der Waals surface area (Å²) in [4.78, 5) is 2.09. The third-order valence-electron chi connectivity index (χ3n) is 1.64. The number of nitrogens with zero attached hydrogens (tertiary/aromatic N) is 1. The second kappa shape index (κ2) is 3.23. The molecule has 9 heavy (non-hydrogen) atoms. The monoisotopic (exact) mass is 191 g/mol. The van der Waals surface area contributed by atoms with E-state index in [1.807, 2.05) is 0 Å². The molecule has 0 bridgehead atoms. The van der Waals surface area contributed by atoms with Crippen molar-refractivity contribution in [3.8, 4) is 0 Å². The van der Waals surface area contributed by atoms with Crippen LogP contribution in [0, 0.1) is 5.41 Å². The first-order chi connectivity index (χ1) is 4.30. The molecule has 1 saturated heterocycles. The molecule has 0 aromatic rings. The maximum atomic E-state index is 7.26. The zero-order chi connectivity index (χ0) is 6.69. The van der Waals surface area contributed by atoms with Crippen molar-refractivity contribution in [2.75, 3.05) is 13.1 Å². The molecular formula is C6H11N2Se. The Kier molecular flexibility index (Phi) is 2.55. The van der Waals surface area contributed by atoms with E-state index in [-0.39, 0.29) is 0 Å². The van der Waals surface area contributed by atoms with Gasteiger partial charge in [-0.25, -0.2) is 0 Å². The van der Waals surface area contributed by atoms with Gasteiger partial charge in [-0.2, -0.15) is 0 Å². The van der Waals surface area contributed by atoms with Crippen molar-refractivity contribution in [2.24, 2.45) is 0 Å². The van der Waals surface area contributed by atoms with Crippen molar-refractivity contribution >= 4 is 20.7 Å². The first-order valence-corrected chi connectivity index (χ1v) is 4.17. The van der Waals surface area contributed by atoms with Crippen LogP contribution in [0.1, 0.15) is 19.3 Å². The number of hydrogen-bond donors (Lipinski definition) is 1. The van der Waals surface area contributed by atoms with Crippen LogP contribution in [0.15, 0.2) is 0 Å². The molecule has 1 fully saturated rings. The number of hydrogen-bond acceptors (Lipinski definition) is 1. The fraction of sp³-hybridized carbons (Fsp3) is 0.833. The predicted octanol–water partition coefficient (Wildman–Crippen LogP) is 0.576. The zero-order valence-corrected chi connectivity index (χ0v) is 7.10. The Morgan fingerprint density at radius 1 is 1.22 bits per heavy atom. The van der Waals surface area contributed by atoms with Crippen molar-refractivity contribution in [2.45, 2.75) is 19.3 Å². The van der Waals surface area contributed by atoms with Gasteiger partial charge in [0.2, 0.25) is 0 Å². The van der Waals surface area contributed by atoms with Crippen LogP contribution in [0.3, 0.4) is 0 Å². The van der Waals surface area contributed by atoms with Crippen LogP contribution < -0.4 is 0 Å². The molecule has 0 unspecified atom stereocenters. The number of amidine groups is 1. The van der Waals surface area contributed by atoms with Crippen LogP contribution in [0.4, 0.5) is 0 Å². The van der Waals surface area contributed by atoms with Gasteiger partial charge in [0.15, 0.2) is 0 Å². The summed E-state index contributed by atoms with van der Waals surface area (Å²) in [6, 6.07) is 0. The molecular weight excluding hydrogens is 179 g/mol. The third-order valence-corrected chi connectivity index (χ3v) is 2.18. The maximum absolute atomic E-state index is 7.26. The SMILES string of the molecule is N=C([Se])N1CCCCC1. The molecule has 1 heterocycles. The Morgan fingerprint density at radius 3 is 2.11 bits per heavy atom. The molecule has 0 atom stereocenters. The predicted molar refractivity (Wildman–Crippen MR) is 38.9 cm³/mol. The van der Waals surface area contributed by atoms with Gasteiger partial charge >= 0.3 is 63.4 Å². The van der Waals surface area contributed by atoms with Crippen LogP contribution in [-0.2, 0) is 0 Å². The minimum absolute atomic E-state index is 0.606. The van der Waals surface area contributed by atoms with Crippen molar-refractivity contribution in [3.05, 3.63) is 0 Å². The zero-order valence-electron chi connectivity index (χ0n) is 5.39. The van der Waals surface area contributed by atoms with E-state index in [0.717, 1.165) is 13.1 Å². The summed E-state index contributed by atoms with van der Waals surface area (Å²) in [6.07, 6.45) is 3.85. The van der Waals surface area contributed by atoms with E-state index in [0.29, 0.717) is 4.73 Å². The molecule has 0 spiro atoms. The topological polar surface area (TPSA) is 27.1 Å². The molecule has 0 aromatic heterocycles. The molecule has 51 valence electrons.